The van der Waals surface area contributed by atoms with Gasteiger partial charge in [-0.1, -0.05) is 60.7 Å². The highest BCUT2D eigenvalue weighted by Crippen LogP contribution is 2.42. The standard InChI is InChI=1S/C23H21NO3/c1-27-19-13-11-18(12-14-19)16-24-21-10-6-5-9-20(21)23(26,22(24)25)15-17-7-3-2-4-8-17/h2-14,26H,15-16H2,1H3. The molecule has 4 heteroatoms. The minimum atomic E-state index is -1.55. The minimum Gasteiger partial charge on any atom is -0.497 e. The fourth-order valence-electron chi connectivity index (χ4n) is 3.64. The number of hydrogen-bond acceptors (Lipinski definition) is 3. The van der Waals surface area contributed by atoms with Crippen LogP contribution in [0.25, 0.3) is 0 Å². The van der Waals surface area contributed by atoms with Crippen LogP contribution < -0.4 is 9.64 Å². The Morgan fingerprint density at radius 3 is 2.26 bits per heavy atom. The first-order valence-electron chi connectivity index (χ1n) is 8.92. The second kappa shape index (κ2) is 6.89. The molecule has 1 aliphatic heterocycles. The number of benzene rings is 3. The molecule has 0 saturated carbocycles. The van der Waals surface area contributed by atoms with Crippen LogP contribution in [0.15, 0.2) is 78.9 Å². The quantitative estimate of drug-likeness (QED) is 0.756. The summed E-state index contributed by atoms with van der Waals surface area (Å²) in [7, 11) is 1.62. The molecule has 1 N–H and O–H groups in total. The van der Waals surface area contributed by atoms with Crippen LogP contribution in [0.4, 0.5) is 5.69 Å². The first-order valence-corrected chi connectivity index (χ1v) is 8.92. The third-order valence-electron chi connectivity index (χ3n) is 5.04. The van der Waals surface area contributed by atoms with Crippen molar-refractivity contribution in [3.05, 3.63) is 95.6 Å². The number of ether oxygens (including phenoxy) is 1. The average Bonchev–Trinajstić information content (AvgIpc) is 2.91. The number of methoxy groups -OCH3 is 1. The molecule has 3 aromatic carbocycles. The van der Waals surface area contributed by atoms with Gasteiger partial charge in [-0.3, -0.25) is 4.79 Å². The van der Waals surface area contributed by atoms with Gasteiger partial charge in [-0.05, 0) is 29.3 Å². The normalized spacial score (nSPS) is 18.4. The van der Waals surface area contributed by atoms with Crippen LogP contribution in [0.3, 0.4) is 0 Å². The Hall–Kier alpha value is -3.11. The number of aliphatic hydroxyl groups is 1. The van der Waals surface area contributed by atoms with Crippen molar-refractivity contribution >= 4 is 11.6 Å². The molecule has 27 heavy (non-hydrogen) atoms. The van der Waals surface area contributed by atoms with Gasteiger partial charge in [0.1, 0.15) is 5.75 Å². The molecular weight excluding hydrogens is 338 g/mol. The lowest BCUT2D eigenvalue weighted by Crippen LogP contribution is -2.41. The van der Waals surface area contributed by atoms with Crippen molar-refractivity contribution in [3.63, 3.8) is 0 Å². The van der Waals surface area contributed by atoms with Crippen molar-refractivity contribution in [2.75, 3.05) is 12.0 Å². The van der Waals surface area contributed by atoms with E-state index in [2.05, 4.69) is 0 Å². The molecule has 1 unspecified atom stereocenters. The van der Waals surface area contributed by atoms with Gasteiger partial charge in [0, 0.05) is 12.0 Å². The molecule has 0 radical (unpaired) electrons. The monoisotopic (exact) mass is 359 g/mol. The molecule has 4 nitrogen and oxygen atoms in total. The number of anilines is 1. The van der Waals surface area contributed by atoms with E-state index in [9.17, 15) is 9.90 Å². The van der Waals surface area contributed by atoms with Gasteiger partial charge in [0.2, 0.25) is 0 Å². The van der Waals surface area contributed by atoms with Crippen molar-refractivity contribution in [1.82, 2.24) is 0 Å². The SMILES string of the molecule is COc1ccc(CN2C(=O)C(O)(Cc3ccccc3)c3ccccc32)cc1. The maximum atomic E-state index is 13.3. The van der Waals surface area contributed by atoms with E-state index in [0.29, 0.717) is 12.1 Å². The van der Waals surface area contributed by atoms with Gasteiger partial charge in [-0.15, -0.1) is 0 Å². The minimum absolute atomic E-state index is 0.253. The lowest BCUT2D eigenvalue weighted by molar-refractivity contribution is -0.136. The molecule has 0 saturated heterocycles. The van der Waals surface area contributed by atoms with E-state index in [1.165, 1.54) is 0 Å². The van der Waals surface area contributed by atoms with E-state index in [-0.39, 0.29) is 12.3 Å². The van der Waals surface area contributed by atoms with Gasteiger partial charge >= 0.3 is 0 Å². The highest BCUT2D eigenvalue weighted by molar-refractivity contribution is 6.06. The van der Waals surface area contributed by atoms with Crippen molar-refractivity contribution in [1.29, 1.82) is 0 Å². The molecule has 3 aromatic rings. The molecule has 0 spiro atoms. The van der Waals surface area contributed by atoms with E-state index in [4.69, 9.17) is 4.74 Å². The summed E-state index contributed by atoms with van der Waals surface area (Å²) in [6, 6.07) is 24.7. The lowest BCUT2D eigenvalue weighted by atomic mass is 9.88. The van der Waals surface area contributed by atoms with Gasteiger partial charge in [0.15, 0.2) is 5.60 Å². The predicted molar refractivity (Wildman–Crippen MR) is 105 cm³/mol. The van der Waals surface area contributed by atoms with E-state index < -0.39 is 5.60 Å². The van der Waals surface area contributed by atoms with Gasteiger partial charge < -0.3 is 14.7 Å². The summed E-state index contributed by atoms with van der Waals surface area (Å²) in [5, 5.41) is 11.4. The molecule has 136 valence electrons. The number of hydrogen-bond donors (Lipinski definition) is 1. The molecule has 1 aliphatic rings. The molecule has 4 rings (SSSR count). The van der Waals surface area contributed by atoms with Crippen molar-refractivity contribution in [2.24, 2.45) is 0 Å². The maximum Gasteiger partial charge on any atom is 0.264 e. The predicted octanol–water partition coefficient (Wildman–Crippen LogP) is 3.67. The Kier molecular flexibility index (Phi) is 4.42. The molecule has 0 aromatic heterocycles. The number of carbonyl (C=O) groups is 1. The summed E-state index contributed by atoms with van der Waals surface area (Å²) in [5.74, 6) is 0.482. The summed E-state index contributed by atoms with van der Waals surface area (Å²) < 4.78 is 5.20. The van der Waals surface area contributed by atoms with Gasteiger partial charge in [-0.2, -0.15) is 0 Å². The smallest absolute Gasteiger partial charge is 0.264 e. The van der Waals surface area contributed by atoms with Crippen LogP contribution in [-0.2, 0) is 23.4 Å². The Labute approximate surface area is 158 Å². The lowest BCUT2D eigenvalue weighted by Gasteiger charge is -2.23. The summed E-state index contributed by atoms with van der Waals surface area (Å²) in [5.41, 5.74) is 1.77. The Morgan fingerprint density at radius 2 is 1.56 bits per heavy atom. The topological polar surface area (TPSA) is 49.8 Å². The number of fused-ring (bicyclic) bond motifs is 1. The summed E-state index contributed by atoms with van der Waals surface area (Å²) >= 11 is 0. The first kappa shape index (κ1) is 17.3. The Morgan fingerprint density at radius 1 is 0.889 bits per heavy atom. The van der Waals surface area contributed by atoms with Crippen LogP contribution >= 0.6 is 0 Å². The highest BCUT2D eigenvalue weighted by Gasteiger charge is 2.49. The molecule has 0 aliphatic carbocycles. The van der Waals surface area contributed by atoms with Crippen LogP contribution in [0.1, 0.15) is 16.7 Å². The van der Waals surface area contributed by atoms with Crippen molar-refractivity contribution in [2.45, 2.75) is 18.6 Å². The third kappa shape index (κ3) is 3.09. The summed E-state index contributed by atoms with van der Waals surface area (Å²) in [6.45, 7) is 0.400. The summed E-state index contributed by atoms with van der Waals surface area (Å²) in [4.78, 5) is 14.9. The highest BCUT2D eigenvalue weighted by atomic mass is 16.5. The zero-order valence-corrected chi connectivity index (χ0v) is 15.1. The van der Waals surface area contributed by atoms with Gasteiger partial charge in [0.25, 0.3) is 5.91 Å². The largest absolute Gasteiger partial charge is 0.497 e. The number of para-hydroxylation sites is 1. The van der Waals surface area contributed by atoms with Gasteiger partial charge in [0.05, 0.1) is 19.3 Å². The summed E-state index contributed by atoms with van der Waals surface area (Å²) in [6.07, 6.45) is 0.253. The molecule has 1 heterocycles. The molecule has 1 atom stereocenters. The Balaban J connectivity index is 1.68. The number of amides is 1. The van der Waals surface area contributed by atoms with Crippen LogP contribution in [0.5, 0.6) is 5.75 Å². The molecule has 0 fully saturated rings. The number of rotatable bonds is 5. The third-order valence-corrected chi connectivity index (χ3v) is 5.04. The van der Waals surface area contributed by atoms with Gasteiger partial charge in [-0.25, -0.2) is 0 Å². The number of nitrogens with zero attached hydrogens (tertiary/aromatic N) is 1. The zero-order valence-electron chi connectivity index (χ0n) is 15.1. The maximum absolute atomic E-state index is 13.3. The molecule has 1 amide bonds. The van der Waals surface area contributed by atoms with E-state index in [1.807, 2.05) is 78.9 Å². The zero-order chi connectivity index (χ0) is 18.9. The number of carbonyl (C=O) groups excluding carboxylic acids is 1. The van der Waals surface area contributed by atoms with E-state index in [1.54, 1.807) is 12.0 Å². The van der Waals surface area contributed by atoms with Crippen molar-refractivity contribution < 1.29 is 14.6 Å². The van der Waals surface area contributed by atoms with E-state index in [0.717, 1.165) is 22.6 Å². The van der Waals surface area contributed by atoms with Crippen LogP contribution in [0.2, 0.25) is 0 Å². The van der Waals surface area contributed by atoms with E-state index >= 15 is 0 Å². The fraction of sp³-hybridized carbons (Fsp3) is 0.174. The van der Waals surface area contributed by atoms with Crippen LogP contribution in [-0.4, -0.2) is 18.1 Å². The second-order valence-electron chi connectivity index (χ2n) is 6.78. The molecule has 0 bridgehead atoms. The second-order valence-corrected chi connectivity index (χ2v) is 6.78. The van der Waals surface area contributed by atoms with Crippen LogP contribution in [0, 0.1) is 0 Å². The molecular formula is C23H21NO3. The van der Waals surface area contributed by atoms with Crippen molar-refractivity contribution in [3.8, 4) is 5.75 Å². The fourth-order valence-corrected chi connectivity index (χ4v) is 3.64. The Bertz CT molecular complexity index is 953. The first-order chi connectivity index (χ1) is 13.1. The average molecular weight is 359 g/mol.